The summed E-state index contributed by atoms with van der Waals surface area (Å²) in [6, 6.07) is 0. The molecule has 0 aliphatic heterocycles. The van der Waals surface area contributed by atoms with Crippen LogP contribution in [0, 0.1) is 5.41 Å². The summed E-state index contributed by atoms with van der Waals surface area (Å²) in [5.74, 6) is 0. The fraction of sp³-hybridized carbons (Fsp3) is 0.933. The van der Waals surface area contributed by atoms with Gasteiger partial charge in [0.2, 0.25) is 0 Å². The molecule has 15 nitrogen and oxygen atoms in total. The van der Waals surface area contributed by atoms with Crippen LogP contribution in [0.5, 0.6) is 0 Å². The Hall–Kier alpha value is 0.404. The van der Waals surface area contributed by atoms with E-state index in [-0.39, 0.29) is 68.0 Å². The topological polar surface area (TPSA) is 217 Å². The number of hydrogen-bond donors (Lipinski definition) is 0. The van der Waals surface area contributed by atoms with Gasteiger partial charge in [-0.05, 0) is 44.9 Å². The van der Waals surface area contributed by atoms with Crippen molar-refractivity contribution >= 4 is 23.5 Å². The average molecular weight is 1230 g/mol. The molecule has 0 aliphatic carbocycles. The van der Waals surface area contributed by atoms with E-state index in [0.717, 1.165) is 122 Å². The standard InChI is InChI=1S/C17H37O4P.C16H35O4P.C15H33O4P.C12H21O3.Ti/c1-3-5-7-9-11-13-15-17-21-22(18,19)20-16-14-12-10-8-6-4-2;1-3-5-7-9-11-13-15-19-21(17,18)20-16-14-12-10-8-6-4-2;1-3-5-7-9-11-13-15-19-20(16,17)18-14-12-10-8-6-4-2;1-4-7-14-10-12(6-3,9-13)11-15-8-5-2;/h3-17H2,1-2H3,(H,18,19);3-16H2,1-2H3,(H,17,18);3-15H2,1-2H3,(H,16,17);4-5H,1-2,6-11H2,3H3;/q;;;-1;+4/p-3. The first-order valence-electron chi connectivity index (χ1n) is 31.4. The molecule has 0 aromatic carbocycles. The zero-order chi connectivity index (χ0) is 59.0. The van der Waals surface area contributed by atoms with Gasteiger partial charge in [0.05, 0.1) is 66.1 Å². The van der Waals surface area contributed by atoms with E-state index in [9.17, 15) is 33.5 Å². The molecule has 0 radical (unpaired) electrons. The van der Waals surface area contributed by atoms with Gasteiger partial charge in [0, 0.05) is 5.41 Å². The van der Waals surface area contributed by atoms with Gasteiger partial charge < -0.3 is 56.4 Å². The number of ether oxygens (including phenoxy) is 2. The van der Waals surface area contributed by atoms with Crippen LogP contribution in [-0.2, 0) is 72.0 Å². The molecule has 0 bridgehead atoms. The van der Waals surface area contributed by atoms with Crippen molar-refractivity contribution in [2.45, 2.75) is 286 Å². The van der Waals surface area contributed by atoms with Gasteiger partial charge in [-0.15, -0.1) is 19.8 Å². The Kier molecular flexibility index (Phi) is 77.2. The van der Waals surface area contributed by atoms with Crippen LogP contribution in [-0.4, -0.2) is 72.7 Å². The van der Waals surface area contributed by atoms with E-state index in [1.54, 1.807) is 12.2 Å². The van der Waals surface area contributed by atoms with Crippen molar-refractivity contribution in [1.82, 2.24) is 0 Å². The Labute approximate surface area is 502 Å². The monoisotopic (exact) mass is 1220 g/mol. The molecule has 0 rings (SSSR count). The molecule has 472 valence electrons. The minimum absolute atomic E-state index is 0. The fourth-order valence-electron chi connectivity index (χ4n) is 7.61. The first-order valence-corrected chi connectivity index (χ1v) is 35.7. The van der Waals surface area contributed by atoms with Crippen molar-refractivity contribution in [2.75, 3.05) is 72.7 Å². The first-order chi connectivity index (χ1) is 37.6. The molecule has 0 aliphatic rings. The van der Waals surface area contributed by atoms with Crippen LogP contribution in [0.1, 0.15) is 286 Å². The largest absolute Gasteiger partial charge is 4.00 e. The van der Waals surface area contributed by atoms with E-state index in [1.165, 1.54) is 116 Å². The van der Waals surface area contributed by atoms with Gasteiger partial charge in [-0.3, -0.25) is 13.7 Å². The van der Waals surface area contributed by atoms with Gasteiger partial charge >= 0.3 is 21.7 Å². The predicted octanol–water partition coefficient (Wildman–Crippen LogP) is 16.8. The third kappa shape index (κ3) is 74.5. The molecule has 0 saturated carbocycles. The summed E-state index contributed by atoms with van der Waals surface area (Å²) in [6.45, 7) is 25.3. The molecule has 0 aromatic heterocycles. The number of rotatable bonds is 58. The maximum absolute atomic E-state index is 11.5. The summed E-state index contributed by atoms with van der Waals surface area (Å²) in [5.41, 5.74) is -0.411. The van der Waals surface area contributed by atoms with E-state index in [2.05, 4.69) is 54.7 Å². The second kappa shape index (κ2) is 69.2. The Morgan fingerprint density at radius 3 is 0.671 bits per heavy atom. The Morgan fingerprint density at radius 2 is 0.519 bits per heavy atom. The van der Waals surface area contributed by atoms with Crippen LogP contribution in [0.2, 0.25) is 0 Å². The van der Waals surface area contributed by atoms with E-state index in [1.807, 2.05) is 6.92 Å². The third-order valence-electron chi connectivity index (χ3n) is 12.8. The summed E-state index contributed by atoms with van der Waals surface area (Å²) in [5, 5.41) is 11.2. The summed E-state index contributed by atoms with van der Waals surface area (Å²) in [6.07, 6.45) is 44.1. The molecule has 19 heteroatoms. The summed E-state index contributed by atoms with van der Waals surface area (Å²) < 4.78 is 74.3. The second-order valence-electron chi connectivity index (χ2n) is 20.6. The van der Waals surface area contributed by atoms with Crippen molar-refractivity contribution in [3.63, 3.8) is 0 Å². The SMILES string of the molecule is C=CCOCC(CC)(C[O-])COCC=C.CCCCCCCCCOP(=O)([O-])OCCCCCCCC.CCCCCCCCOP(=O)([O-])OCCCCCCC.CCCCCCCCOP(=O)([O-])OCCCCCCCC.[Ti+4]. The average Bonchev–Trinajstić information content (AvgIpc) is 3.41. The van der Waals surface area contributed by atoms with E-state index in [4.69, 9.17) is 36.6 Å². The molecule has 2 atom stereocenters. The molecule has 0 N–H and O–H groups in total. The van der Waals surface area contributed by atoms with Crippen LogP contribution in [0.4, 0.5) is 0 Å². The summed E-state index contributed by atoms with van der Waals surface area (Å²) in [7, 11) is -12.2. The second-order valence-corrected chi connectivity index (χ2v) is 24.8. The van der Waals surface area contributed by atoms with Gasteiger partial charge in [-0.1, -0.05) is 253 Å². The zero-order valence-electron chi connectivity index (χ0n) is 52.0. The Bertz CT molecular complexity index is 1310. The molecular weight excluding hydrogens is 1100 g/mol. The summed E-state index contributed by atoms with van der Waals surface area (Å²) in [4.78, 5) is 34.4. The van der Waals surface area contributed by atoms with Crippen molar-refractivity contribution < 1.29 is 91.8 Å². The van der Waals surface area contributed by atoms with Crippen LogP contribution in [0.15, 0.2) is 25.3 Å². The number of phosphoric ester groups is 3. The minimum Gasteiger partial charge on any atom is -0.854 e. The first kappa shape index (κ1) is 88.2. The minimum atomic E-state index is -4.07. The van der Waals surface area contributed by atoms with Crippen molar-refractivity contribution in [2.24, 2.45) is 5.41 Å². The maximum atomic E-state index is 11.5. The van der Waals surface area contributed by atoms with Crippen LogP contribution in [0.25, 0.3) is 0 Å². The van der Waals surface area contributed by atoms with Crippen LogP contribution in [0.3, 0.4) is 0 Å². The zero-order valence-corrected chi connectivity index (χ0v) is 56.2. The molecule has 0 spiro atoms. The van der Waals surface area contributed by atoms with Crippen molar-refractivity contribution in [3.05, 3.63) is 25.3 Å². The molecule has 2 unspecified atom stereocenters. The van der Waals surface area contributed by atoms with Gasteiger partial charge in [0.15, 0.2) is 0 Å². The van der Waals surface area contributed by atoms with Crippen molar-refractivity contribution in [3.8, 4) is 0 Å². The molecule has 0 fully saturated rings. The number of hydrogen-bond acceptors (Lipinski definition) is 15. The quantitative estimate of drug-likeness (QED) is 0.0239. The fourth-order valence-corrected chi connectivity index (χ4v) is 9.95. The Balaban J connectivity index is -0.000000309. The van der Waals surface area contributed by atoms with Crippen molar-refractivity contribution in [1.29, 1.82) is 0 Å². The summed E-state index contributed by atoms with van der Waals surface area (Å²) >= 11 is 0. The predicted molar refractivity (Wildman–Crippen MR) is 318 cm³/mol. The van der Waals surface area contributed by atoms with Gasteiger partial charge in [-0.2, -0.15) is 0 Å². The smallest absolute Gasteiger partial charge is 0.854 e. The normalized spacial score (nSPS) is 12.9. The molecule has 79 heavy (non-hydrogen) atoms. The molecule has 0 saturated heterocycles. The third-order valence-corrected chi connectivity index (χ3v) is 15.8. The van der Waals surface area contributed by atoms with Crippen LogP contribution >= 0.6 is 23.5 Å². The number of unbranched alkanes of at least 4 members (excludes halogenated alkanes) is 30. The van der Waals surface area contributed by atoms with Gasteiger partial charge in [0.25, 0.3) is 23.5 Å². The van der Waals surface area contributed by atoms with Gasteiger partial charge in [0.1, 0.15) is 0 Å². The molecule has 0 amide bonds. The number of phosphoric acid groups is 3. The Morgan fingerprint density at radius 1 is 0.342 bits per heavy atom. The van der Waals surface area contributed by atoms with E-state index >= 15 is 0 Å². The van der Waals surface area contributed by atoms with Crippen LogP contribution < -0.4 is 19.8 Å². The molecular formula is C60H123O15P3Ti. The molecule has 0 aromatic rings. The van der Waals surface area contributed by atoms with E-state index in [0.29, 0.717) is 26.4 Å². The van der Waals surface area contributed by atoms with Gasteiger partial charge in [-0.25, -0.2) is 0 Å². The van der Waals surface area contributed by atoms with E-state index < -0.39 is 28.9 Å². The molecule has 0 heterocycles. The maximum Gasteiger partial charge on any atom is 4.00 e.